The van der Waals surface area contributed by atoms with Crippen molar-refractivity contribution in [2.75, 3.05) is 7.11 Å². The highest BCUT2D eigenvalue weighted by atomic mass is 16.5. The van der Waals surface area contributed by atoms with Crippen LogP contribution in [0.1, 0.15) is 37.6 Å². The number of unbranched alkanes of at least 4 members (excludes halogenated alkanes) is 1. The van der Waals surface area contributed by atoms with Gasteiger partial charge in [-0.05, 0) is 13.3 Å². The summed E-state index contributed by atoms with van der Waals surface area (Å²) >= 11 is 0. The third-order valence-electron chi connectivity index (χ3n) is 2.53. The van der Waals surface area contributed by atoms with Crippen LogP contribution in [-0.2, 0) is 16.1 Å². The molecule has 1 aromatic rings. The fourth-order valence-electron chi connectivity index (χ4n) is 1.58. The minimum absolute atomic E-state index is 0.227. The van der Waals surface area contributed by atoms with E-state index in [1.54, 1.807) is 0 Å². The summed E-state index contributed by atoms with van der Waals surface area (Å²) < 4.78 is 9.82. The Morgan fingerprint density at radius 3 is 2.94 bits per heavy atom. The molecule has 17 heavy (non-hydrogen) atoms. The Hall–Kier alpha value is -1.36. The van der Waals surface area contributed by atoms with Gasteiger partial charge in [-0.25, -0.2) is 0 Å². The van der Waals surface area contributed by atoms with Crippen LogP contribution in [0, 0.1) is 6.92 Å². The summed E-state index contributed by atoms with van der Waals surface area (Å²) in [5.74, 6) is 0.502. The van der Waals surface area contributed by atoms with E-state index in [1.165, 1.54) is 7.11 Å². The number of aromatic nitrogens is 1. The average molecular weight is 240 g/mol. The molecule has 1 N–H and O–H groups in total. The molecule has 1 aromatic heterocycles. The van der Waals surface area contributed by atoms with Gasteiger partial charge in [0.1, 0.15) is 6.04 Å². The van der Waals surface area contributed by atoms with Crippen molar-refractivity contribution in [3.63, 3.8) is 0 Å². The Bertz CT molecular complexity index is 349. The van der Waals surface area contributed by atoms with Gasteiger partial charge in [0.25, 0.3) is 0 Å². The van der Waals surface area contributed by atoms with Gasteiger partial charge in [-0.3, -0.25) is 10.1 Å². The van der Waals surface area contributed by atoms with Gasteiger partial charge < -0.3 is 9.26 Å². The zero-order valence-electron chi connectivity index (χ0n) is 10.7. The molecule has 1 rings (SSSR count). The molecule has 0 fully saturated rings. The van der Waals surface area contributed by atoms with Crippen molar-refractivity contribution in [2.45, 2.75) is 45.7 Å². The highest BCUT2D eigenvalue weighted by Crippen LogP contribution is 2.06. The van der Waals surface area contributed by atoms with Crippen molar-refractivity contribution in [2.24, 2.45) is 0 Å². The van der Waals surface area contributed by atoms with Crippen molar-refractivity contribution < 1.29 is 14.1 Å². The summed E-state index contributed by atoms with van der Waals surface area (Å²) in [7, 11) is 1.40. The van der Waals surface area contributed by atoms with E-state index in [0.29, 0.717) is 6.54 Å². The average Bonchev–Trinajstić information content (AvgIpc) is 2.74. The zero-order valence-corrected chi connectivity index (χ0v) is 10.7. The van der Waals surface area contributed by atoms with Crippen LogP contribution in [-0.4, -0.2) is 24.3 Å². The first kappa shape index (κ1) is 13.7. The third kappa shape index (κ3) is 4.56. The maximum Gasteiger partial charge on any atom is 0.322 e. The zero-order chi connectivity index (χ0) is 12.7. The molecule has 0 aromatic carbocycles. The summed E-state index contributed by atoms with van der Waals surface area (Å²) in [5.41, 5.74) is 0.838. The summed E-state index contributed by atoms with van der Waals surface area (Å²) in [6.45, 7) is 4.44. The van der Waals surface area contributed by atoms with E-state index in [0.717, 1.165) is 30.7 Å². The molecule has 0 amide bonds. The summed E-state index contributed by atoms with van der Waals surface area (Å²) in [5, 5.41) is 6.92. The SMILES string of the molecule is CCCCC(NCc1cc(C)no1)C(=O)OC. The van der Waals surface area contributed by atoms with Crippen LogP contribution >= 0.6 is 0 Å². The van der Waals surface area contributed by atoms with Crippen LogP contribution in [0.15, 0.2) is 10.6 Å². The lowest BCUT2D eigenvalue weighted by atomic mass is 10.1. The van der Waals surface area contributed by atoms with Gasteiger partial charge in [0, 0.05) is 6.07 Å². The maximum absolute atomic E-state index is 11.5. The number of methoxy groups -OCH3 is 1. The molecule has 0 aliphatic rings. The van der Waals surface area contributed by atoms with Crippen LogP contribution in [0.2, 0.25) is 0 Å². The van der Waals surface area contributed by atoms with Crippen molar-refractivity contribution in [3.05, 3.63) is 17.5 Å². The predicted octanol–water partition coefficient (Wildman–Crippen LogP) is 1.80. The van der Waals surface area contributed by atoms with E-state index >= 15 is 0 Å². The predicted molar refractivity (Wildman–Crippen MR) is 63.4 cm³/mol. The molecule has 0 aliphatic heterocycles. The minimum Gasteiger partial charge on any atom is -0.468 e. The van der Waals surface area contributed by atoms with Crippen LogP contribution in [0.3, 0.4) is 0 Å². The Morgan fingerprint density at radius 1 is 1.65 bits per heavy atom. The summed E-state index contributed by atoms with van der Waals surface area (Å²) in [6.07, 6.45) is 2.81. The van der Waals surface area contributed by atoms with Crippen molar-refractivity contribution in [3.8, 4) is 0 Å². The van der Waals surface area contributed by atoms with Crippen molar-refractivity contribution in [1.82, 2.24) is 10.5 Å². The fourth-order valence-corrected chi connectivity index (χ4v) is 1.58. The number of hydrogen-bond donors (Lipinski definition) is 1. The van der Waals surface area contributed by atoms with Crippen molar-refractivity contribution in [1.29, 1.82) is 0 Å². The van der Waals surface area contributed by atoms with Crippen LogP contribution in [0.5, 0.6) is 0 Å². The molecule has 5 nitrogen and oxygen atoms in total. The van der Waals surface area contributed by atoms with Gasteiger partial charge in [-0.1, -0.05) is 24.9 Å². The monoisotopic (exact) mass is 240 g/mol. The largest absolute Gasteiger partial charge is 0.468 e. The molecule has 1 heterocycles. The molecule has 0 saturated heterocycles. The van der Waals surface area contributed by atoms with Gasteiger partial charge in [-0.15, -0.1) is 0 Å². The molecule has 0 bridgehead atoms. The second kappa shape index (κ2) is 7.06. The molecule has 0 saturated carbocycles. The first-order valence-corrected chi connectivity index (χ1v) is 5.90. The minimum atomic E-state index is -0.273. The lowest BCUT2D eigenvalue weighted by molar-refractivity contribution is -0.143. The first-order chi connectivity index (χ1) is 8.17. The smallest absolute Gasteiger partial charge is 0.322 e. The van der Waals surface area contributed by atoms with Gasteiger partial charge >= 0.3 is 5.97 Å². The number of aryl methyl sites for hydroxylation is 1. The number of carbonyl (C=O) groups is 1. The van der Waals surface area contributed by atoms with Gasteiger partial charge in [0.15, 0.2) is 5.76 Å². The van der Waals surface area contributed by atoms with E-state index in [1.807, 2.05) is 13.0 Å². The molecule has 5 heteroatoms. The number of nitrogens with one attached hydrogen (secondary N) is 1. The lowest BCUT2D eigenvalue weighted by Crippen LogP contribution is -2.37. The standard InChI is InChI=1S/C12H20N2O3/c1-4-5-6-11(12(15)16-3)13-8-10-7-9(2)14-17-10/h7,11,13H,4-6,8H2,1-3H3. The molecule has 1 unspecified atom stereocenters. The second-order valence-electron chi connectivity index (χ2n) is 4.03. The van der Waals surface area contributed by atoms with Crippen molar-refractivity contribution >= 4 is 5.97 Å². The van der Waals surface area contributed by atoms with Gasteiger partial charge in [0.2, 0.25) is 0 Å². The Kier molecular flexibility index (Phi) is 5.69. The first-order valence-electron chi connectivity index (χ1n) is 5.90. The van der Waals surface area contributed by atoms with Gasteiger partial charge in [-0.2, -0.15) is 0 Å². The Balaban J connectivity index is 2.45. The van der Waals surface area contributed by atoms with Crippen LogP contribution < -0.4 is 5.32 Å². The summed E-state index contributed by atoms with van der Waals surface area (Å²) in [4.78, 5) is 11.5. The molecular formula is C12H20N2O3. The van der Waals surface area contributed by atoms with Crippen LogP contribution in [0.4, 0.5) is 0 Å². The number of ether oxygens (including phenoxy) is 1. The maximum atomic E-state index is 11.5. The lowest BCUT2D eigenvalue weighted by Gasteiger charge is -2.14. The molecule has 0 aliphatic carbocycles. The highest BCUT2D eigenvalue weighted by molar-refractivity contribution is 5.75. The van der Waals surface area contributed by atoms with E-state index in [9.17, 15) is 4.79 Å². The van der Waals surface area contributed by atoms with Crippen LogP contribution in [0.25, 0.3) is 0 Å². The number of hydrogen-bond acceptors (Lipinski definition) is 5. The van der Waals surface area contributed by atoms with E-state index < -0.39 is 0 Å². The Labute approximate surface area is 102 Å². The quantitative estimate of drug-likeness (QED) is 0.736. The van der Waals surface area contributed by atoms with E-state index in [2.05, 4.69) is 17.4 Å². The summed E-state index contributed by atoms with van der Waals surface area (Å²) in [6, 6.07) is 1.58. The molecule has 0 spiro atoms. The number of rotatable bonds is 7. The number of carbonyl (C=O) groups excluding carboxylic acids is 1. The third-order valence-corrected chi connectivity index (χ3v) is 2.53. The molecule has 96 valence electrons. The normalized spacial score (nSPS) is 12.4. The number of esters is 1. The molecule has 1 atom stereocenters. The fraction of sp³-hybridized carbons (Fsp3) is 0.667. The highest BCUT2D eigenvalue weighted by Gasteiger charge is 2.18. The van der Waals surface area contributed by atoms with E-state index in [-0.39, 0.29) is 12.0 Å². The number of nitrogens with zero attached hydrogens (tertiary/aromatic N) is 1. The topological polar surface area (TPSA) is 64.4 Å². The Morgan fingerprint density at radius 2 is 2.41 bits per heavy atom. The molecule has 0 radical (unpaired) electrons. The second-order valence-corrected chi connectivity index (χ2v) is 4.03. The molecular weight excluding hydrogens is 220 g/mol. The van der Waals surface area contributed by atoms with E-state index in [4.69, 9.17) is 9.26 Å². The van der Waals surface area contributed by atoms with Gasteiger partial charge in [0.05, 0.1) is 19.3 Å².